The summed E-state index contributed by atoms with van der Waals surface area (Å²) in [7, 11) is 1.85. The van der Waals surface area contributed by atoms with Gasteiger partial charge >= 0.3 is 0 Å². The van der Waals surface area contributed by atoms with E-state index < -0.39 is 6.98 Å². The van der Waals surface area contributed by atoms with Crippen LogP contribution in [0.4, 0.5) is 5.69 Å². The molecule has 16 heavy (non-hydrogen) atoms. The van der Waals surface area contributed by atoms with E-state index in [-0.39, 0.29) is 0 Å². The summed E-state index contributed by atoms with van der Waals surface area (Å²) in [4.78, 5) is 6.68. The first-order valence-corrected chi connectivity index (χ1v) is 5.08. The van der Waals surface area contributed by atoms with Crippen LogP contribution >= 0.6 is 11.6 Å². The van der Waals surface area contributed by atoms with E-state index in [1.165, 1.54) is 0 Å². The van der Waals surface area contributed by atoms with E-state index in [9.17, 15) is 0 Å². The SMILES string of the molecule is [2H]C([2H])([2H])n1nc2c(n1)-c1ccnc(Cl)c1N(C)C2. The number of hydrogen-bond acceptors (Lipinski definition) is 4. The Morgan fingerprint density at radius 3 is 3.19 bits per heavy atom. The van der Waals surface area contributed by atoms with Gasteiger partial charge in [0.1, 0.15) is 11.4 Å². The number of pyridine rings is 1. The van der Waals surface area contributed by atoms with Gasteiger partial charge in [0, 0.05) is 29.9 Å². The maximum absolute atomic E-state index is 7.35. The van der Waals surface area contributed by atoms with E-state index in [1.54, 1.807) is 12.3 Å². The molecule has 3 rings (SSSR count). The largest absolute Gasteiger partial charge is 0.365 e. The van der Waals surface area contributed by atoms with E-state index in [4.69, 9.17) is 15.7 Å². The second kappa shape index (κ2) is 3.18. The molecule has 0 aromatic carbocycles. The molecule has 0 atom stereocenters. The fraction of sp³-hybridized carbons (Fsp3) is 0.300. The Bertz CT molecular complexity index is 651. The molecule has 0 amide bonds. The van der Waals surface area contributed by atoms with E-state index in [0.29, 0.717) is 23.1 Å². The second-order valence-corrected chi connectivity index (χ2v) is 4.00. The predicted octanol–water partition coefficient (Wildman–Crippen LogP) is 1.48. The monoisotopic (exact) mass is 238 g/mol. The van der Waals surface area contributed by atoms with Crippen molar-refractivity contribution in [1.82, 2.24) is 20.0 Å². The molecule has 0 unspecified atom stereocenters. The van der Waals surface area contributed by atoms with Crippen molar-refractivity contribution in [3.8, 4) is 11.3 Å². The Morgan fingerprint density at radius 2 is 2.38 bits per heavy atom. The first-order valence-electron chi connectivity index (χ1n) is 6.20. The standard InChI is InChI=1S/C10H10ClN5/c1-15-5-7-8(14-16(2)13-7)6-3-4-12-10(11)9(6)15/h3-4H,5H2,1-2H3/i2D3. The van der Waals surface area contributed by atoms with Crippen LogP contribution in [0.1, 0.15) is 9.81 Å². The van der Waals surface area contributed by atoms with Gasteiger partial charge in [-0.25, -0.2) is 4.98 Å². The van der Waals surface area contributed by atoms with Gasteiger partial charge in [0.2, 0.25) is 0 Å². The molecule has 1 aliphatic heterocycles. The molecular formula is C10H10ClN5. The van der Waals surface area contributed by atoms with Gasteiger partial charge in [-0.3, -0.25) is 0 Å². The number of aromatic nitrogens is 4. The summed E-state index contributed by atoms with van der Waals surface area (Å²) < 4.78 is 22.0. The lowest BCUT2D eigenvalue weighted by atomic mass is 10.1. The van der Waals surface area contributed by atoms with Gasteiger partial charge in [0.05, 0.1) is 12.2 Å². The highest BCUT2D eigenvalue weighted by molar-refractivity contribution is 6.32. The molecule has 5 nitrogen and oxygen atoms in total. The van der Waals surface area contributed by atoms with Crippen LogP contribution in [0.15, 0.2) is 12.3 Å². The molecule has 2 aromatic heterocycles. The number of nitrogens with zero attached hydrogens (tertiary/aromatic N) is 5. The summed E-state index contributed by atoms with van der Waals surface area (Å²) in [5, 5.41) is 8.48. The van der Waals surface area contributed by atoms with Crippen LogP contribution in [-0.4, -0.2) is 27.0 Å². The summed E-state index contributed by atoms with van der Waals surface area (Å²) in [5.41, 5.74) is 2.66. The fourth-order valence-corrected chi connectivity index (χ4v) is 2.24. The molecule has 1 aliphatic rings. The molecule has 0 bridgehead atoms. The van der Waals surface area contributed by atoms with Crippen molar-refractivity contribution < 1.29 is 4.11 Å². The molecule has 0 fully saturated rings. The number of halogens is 1. The zero-order chi connectivity index (χ0) is 13.8. The maximum Gasteiger partial charge on any atom is 0.152 e. The number of fused-ring (bicyclic) bond motifs is 3. The summed E-state index contributed by atoms with van der Waals surface area (Å²) in [6.45, 7) is -1.93. The van der Waals surface area contributed by atoms with Crippen LogP contribution in [0, 0.1) is 0 Å². The molecule has 0 spiro atoms. The minimum absolute atomic E-state index is 0.370. The van der Waals surface area contributed by atoms with E-state index >= 15 is 0 Å². The number of anilines is 1. The normalized spacial score (nSPS) is 17.1. The van der Waals surface area contributed by atoms with Crippen LogP contribution in [0.3, 0.4) is 0 Å². The van der Waals surface area contributed by atoms with Crippen LogP contribution in [0.25, 0.3) is 11.3 Å². The second-order valence-electron chi connectivity index (χ2n) is 3.64. The van der Waals surface area contributed by atoms with Gasteiger partial charge < -0.3 is 4.90 Å². The fourth-order valence-electron chi connectivity index (χ4n) is 1.94. The lowest BCUT2D eigenvalue weighted by Gasteiger charge is -2.25. The molecule has 3 heterocycles. The quantitative estimate of drug-likeness (QED) is 0.653. The third-order valence-corrected chi connectivity index (χ3v) is 2.86. The first-order chi connectivity index (χ1) is 8.88. The Kier molecular flexibility index (Phi) is 1.36. The average molecular weight is 239 g/mol. The molecule has 82 valence electrons. The Balaban J connectivity index is 2.22. The third-order valence-electron chi connectivity index (χ3n) is 2.59. The van der Waals surface area contributed by atoms with Gasteiger partial charge in [-0.2, -0.15) is 15.0 Å². The van der Waals surface area contributed by atoms with Crippen molar-refractivity contribution >= 4 is 17.3 Å². The number of hydrogen-bond donors (Lipinski definition) is 0. The highest BCUT2D eigenvalue weighted by atomic mass is 35.5. The van der Waals surface area contributed by atoms with Crippen LogP contribution in [-0.2, 0) is 13.5 Å². The summed E-state index contributed by atoms with van der Waals surface area (Å²) >= 11 is 6.08. The molecule has 0 saturated carbocycles. The van der Waals surface area contributed by atoms with Gasteiger partial charge in [-0.15, -0.1) is 0 Å². The Hall–Kier alpha value is -1.62. The van der Waals surface area contributed by atoms with Gasteiger partial charge in [0.15, 0.2) is 5.15 Å². The summed E-state index contributed by atoms with van der Waals surface area (Å²) in [6, 6.07) is 1.76. The molecule has 0 radical (unpaired) electrons. The van der Waals surface area contributed by atoms with Gasteiger partial charge in [-0.1, -0.05) is 11.6 Å². The summed E-state index contributed by atoms with van der Waals surface area (Å²) in [6.07, 6.45) is 1.57. The molecular weight excluding hydrogens is 226 g/mol. The average Bonchev–Trinajstić information content (AvgIpc) is 2.72. The first kappa shape index (κ1) is 6.85. The van der Waals surface area contributed by atoms with Crippen LogP contribution in [0.5, 0.6) is 0 Å². The van der Waals surface area contributed by atoms with Crippen molar-refractivity contribution in [2.45, 2.75) is 6.54 Å². The highest BCUT2D eigenvalue weighted by Crippen LogP contribution is 2.39. The number of aryl methyl sites for hydroxylation is 1. The molecule has 0 N–H and O–H groups in total. The smallest absolute Gasteiger partial charge is 0.152 e. The zero-order valence-electron chi connectivity index (χ0n) is 11.5. The molecule has 0 aliphatic carbocycles. The topological polar surface area (TPSA) is 46.8 Å². The number of rotatable bonds is 0. The van der Waals surface area contributed by atoms with Crippen LogP contribution in [0.2, 0.25) is 5.15 Å². The van der Waals surface area contributed by atoms with Crippen molar-refractivity contribution in [1.29, 1.82) is 0 Å². The predicted molar refractivity (Wildman–Crippen MR) is 61.4 cm³/mol. The Labute approximate surface area is 102 Å². The minimum Gasteiger partial charge on any atom is -0.365 e. The Morgan fingerprint density at radius 1 is 1.50 bits per heavy atom. The van der Waals surface area contributed by atoms with E-state index in [2.05, 4.69) is 15.2 Å². The molecule has 2 aromatic rings. The molecule has 6 heteroatoms. The minimum atomic E-state index is -2.38. The van der Waals surface area contributed by atoms with Gasteiger partial charge in [-0.05, 0) is 6.07 Å². The maximum atomic E-state index is 7.35. The zero-order valence-corrected chi connectivity index (χ0v) is 9.23. The lowest BCUT2D eigenvalue weighted by Crippen LogP contribution is -2.22. The third kappa shape index (κ3) is 1.21. The van der Waals surface area contributed by atoms with E-state index in [0.717, 1.165) is 16.0 Å². The lowest BCUT2D eigenvalue weighted by molar-refractivity contribution is 0.645. The van der Waals surface area contributed by atoms with Crippen molar-refractivity contribution in [3.63, 3.8) is 0 Å². The van der Waals surface area contributed by atoms with Crippen molar-refractivity contribution in [2.24, 2.45) is 6.98 Å². The highest BCUT2D eigenvalue weighted by Gasteiger charge is 2.26. The van der Waals surface area contributed by atoms with Crippen molar-refractivity contribution in [2.75, 3.05) is 11.9 Å². The van der Waals surface area contributed by atoms with Crippen LogP contribution < -0.4 is 4.90 Å². The van der Waals surface area contributed by atoms with Gasteiger partial charge in [0.25, 0.3) is 0 Å². The summed E-state index contributed by atoms with van der Waals surface area (Å²) in [5.74, 6) is 0. The van der Waals surface area contributed by atoms with E-state index in [1.807, 2.05) is 11.9 Å². The molecule has 0 saturated heterocycles. The van der Waals surface area contributed by atoms with Crippen molar-refractivity contribution in [3.05, 3.63) is 23.1 Å².